The minimum absolute atomic E-state index is 0.0117. The predicted molar refractivity (Wildman–Crippen MR) is 127 cm³/mol. The lowest BCUT2D eigenvalue weighted by atomic mass is 10.2. The highest BCUT2D eigenvalue weighted by atomic mass is 32.2. The van der Waals surface area contributed by atoms with Gasteiger partial charge in [-0.1, -0.05) is 43.2 Å². The highest BCUT2D eigenvalue weighted by molar-refractivity contribution is 7.91. The van der Waals surface area contributed by atoms with Crippen LogP contribution in [-0.2, 0) is 29.4 Å². The van der Waals surface area contributed by atoms with Crippen molar-refractivity contribution in [3.8, 4) is 0 Å². The van der Waals surface area contributed by atoms with E-state index in [0.717, 1.165) is 25.7 Å². The van der Waals surface area contributed by atoms with Gasteiger partial charge in [0.05, 0.1) is 22.2 Å². The molecule has 0 bridgehead atoms. The normalized spacial score (nSPS) is 15.9. The molecule has 7 nitrogen and oxygen atoms in total. The monoisotopic (exact) mass is 491 g/mol. The maximum Gasteiger partial charge on any atom is 0.330 e. The van der Waals surface area contributed by atoms with Gasteiger partial charge in [-0.25, -0.2) is 21.6 Å². The van der Waals surface area contributed by atoms with E-state index < -0.39 is 25.8 Å². The zero-order valence-corrected chi connectivity index (χ0v) is 20.1. The number of ether oxygens (including phenoxy) is 1. The average Bonchev–Trinajstić information content (AvgIpc) is 3.12. The fourth-order valence-corrected chi connectivity index (χ4v) is 6.38. The number of carbonyl (C=O) groups excluding carboxylic acids is 1. The number of sulfone groups is 1. The molecule has 0 atom stereocenters. The SMILES string of the molecule is O=C(C=Cc1ccc(S(=O)(=O)N2CCCCCC2)cc1)OCCCS(=O)(=O)c1ccccc1. The van der Waals surface area contributed by atoms with Crippen molar-refractivity contribution < 1.29 is 26.4 Å². The molecule has 1 fully saturated rings. The van der Waals surface area contributed by atoms with Crippen LogP contribution in [0.15, 0.2) is 70.5 Å². The van der Waals surface area contributed by atoms with Gasteiger partial charge < -0.3 is 4.74 Å². The lowest BCUT2D eigenvalue weighted by molar-refractivity contribution is -0.137. The first-order chi connectivity index (χ1) is 15.8. The summed E-state index contributed by atoms with van der Waals surface area (Å²) in [6, 6.07) is 14.5. The third kappa shape index (κ3) is 7.25. The van der Waals surface area contributed by atoms with Crippen molar-refractivity contribution in [2.24, 2.45) is 0 Å². The van der Waals surface area contributed by atoms with Crippen molar-refractivity contribution in [2.45, 2.75) is 41.9 Å². The first-order valence-corrected chi connectivity index (χ1v) is 14.1. The van der Waals surface area contributed by atoms with Crippen LogP contribution >= 0.6 is 0 Å². The number of esters is 1. The topological polar surface area (TPSA) is 97.8 Å². The Morgan fingerprint density at radius 3 is 2.12 bits per heavy atom. The zero-order chi connectivity index (χ0) is 23.7. The molecular weight excluding hydrogens is 462 g/mol. The average molecular weight is 492 g/mol. The van der Waals surface area contributed by atoms with Crippen LogP contribution in [0.1, 0.15) is 37.7 Å². The molecule has 0 radical (unpaired) electrons. The smallest absolute Gasteiger partial charge is 0.330 e. The molecule has 0 unspecified atom stereocenters. The second kappa shape index (κ2) is 11.6. The Balaban J connectivity index is 1.48. The lowest BCUT2D eigenvalue weighted by Gasteiger charge is -2.19. The van der Waals surface area contributed by atoms with Gasteiger partial charge in [-0.3, -0.25) is 0 Å². The number of hydrogen-bond donors (Lipinski definition) is 0. The molecule has 1 saturated heterocycles. The van der Waals surface area contributed by atoms with Crippen molar-refractivity contribution in [1.82, 2.24) is 4.31 Å². The van der Waals surface area contributed by atoms with E-state index in [1.54, 1.807) is 46.8 Å². The molecule has 33 heavy (non-hydrogen) atoms. The summed E-state index contributed by atoms with van der Waals surface area (Å²) in [6.07, 6.45) is 6.82. The summed E-state index contributed by atoms with van der Waals surface area (Å²) in [7, 11) is -6.91. The molecule has 0 aliphatic carbocycles. The summed E-state index contributed by atoms with van der Waals surface area (Å²) in [4.78, 5) is 12.4. The van der Waals surface area contributed by atoms with Crippen LogP contribution in [0.4, 0.5) is 0 Å². The first-order valence-electron chi connectivity index (χ1n) is 11.0. The standard InChI is InChI=1S/C24H29NO6S2/c26-24(31-19-8-20-32(27,28)22-9-4-3-5-10-22)16-13-21-11-14-23(15-12-21)33(29,30)25-17-6-1-2-7-18-25/h3-5,9-16H,1-2,6-8,17-20H2. The van der Waals surface area contributed by atoms with E-state index in [9.17, 15) is 21.6 Å². The number of rotatable bonds is 9. The highest BCUT2D eigenvalue weighted by Gasteiger charge is 2.24. The molecule has 1 aliphatic heterocycles. The summed E-state index contributed by atoms with van der Waals surface area (Å²) in [5.41, 5.74) is 0.661. The second-order valence-electron chi connectivity index (χ2n) is 7.87. The van der Waals surface area contributed by atoms with Gasteiger partial charge in [0.15, 0.2) is 9.84 Å². The minimum Gasteiger partial charge on any atom is -0.462 e. The molecule has 1 aliphatic rings. The van der Waals surface area contributed by atoms with Crippen LogP contribution in [0, 0.1) is 0 Å². The Hall–Kier alpha value is -2.49. The van der Waals surface area contributed by atoms with Crippen molar-refractivity contribution in [3.63, 3.8) is 0 Å². The molecule has 3 rings (SSSR count). The van der Waals surface area contributed by atoms with Crippen molar-refractivity contribution >= 4 is 31.9 Å². The third-order valence-corrected chi connectivity index (χ3v) is 9.13. The van der Waals surface area contributed by atoms with E-state index in [1.165, 1.54) is 24.3 Å². The zero-order valence-electron chi connectivity index (χ0n) is 18.4. The van der Waals surface area contributed by atoms with Gasteiger partial charge in [0.2, 0.25) is 10.0 Å². The van der Waals surface area contributed by atoms with Gasteiger partial charge in [0.25, 0.3) is 0 Å². The van der Waals surface area contributed by atoms with Gasteiger partial charge >= 0.3 is 5.97 Å². The molecular formula is C24H29NO6S2. The van der Waals surface area contributed by atoms with Crippen molar-refractivity contribution in [1.29, 1.82) is 0 Å². The molecule has 9 heteroatoms. The number of nitrogens with zero attached hydrogens (tertiary/aromatic N) is 1. The van der Waals surface area contributed by atoms with E-state index in [0.29, 0.717) is 18.7 Å². The van der Waals surface area contributed by atoms with Crippen LogP contribution in [-0.4, -0.2) is 52.6 Å². The molecule has 0 saturated carbocycles. The Morgan fingerprint density at radius 1 is 0.848 bits per heavy atom. The Bertz CT molecular complexity index is 1150. The molecule has 178 valence electrons. The van der Waals surface area contributed by atoms with Gasteiger partial charge in [0.1, 0.15) is 0 Å². The van der Waals surface area contributed by atoms with E-state index in [1.807, 2.05) is 0 Å². The molecule has 0 N–H and O–H groups in total. The van der Waals surface area contributed by atoms with E-state index in [2.05, 4.69) is 0 Å². The summed E-state index contributed by atoms with van der Waals surface area (Å²) in [5, 5.41) is 0. The van der Waals surface area contributed by atoms with E-state index in [4.69, 9.17) is 4.74 Å². The number of carbonyl (C=O) groups is 1. The second-order valence-corrected chi connectivity index (χ2v) is 11.9. The number of sulfonamides is 1. The van der Waals surface area contributed by atoms with Crippen LogP contribution in [0.25, 0.3) is 6.08 Å². The molecule has 0 spiro atoms. The van der Waals surface area contributed by atoms with Crippen LogP contribution < -0.4 is 0 Å². The summed E-state index contributed by atoms with van der Waals surface area (Å²) >= 11 is 0. The molecule has 0 amide bonds. The maximum absolute atomic E-state index is 12.8. The number of hydrogen-bond acceptors (Lipinski definition) is 6. The fourth-order valence-electron chi connectivity index (χ4n) is 3.56. The number of benzene rings is 2. The quantitative estimate of drug-likeness (QED) is 0.302. The highest BCUT2D eigenvalue weighted by Crippen LogP contribution is 2.21. The Morgan fingerprint density at radius 2 is 1.48 bits per heavy atom. The molecule has 0 aromatic heterocycles. The van der Waals surface area contributed by atoms with Crippen molar-refractivity contribution in [2.75, 3.05) is 25.4 Å². The van der Waals surface area contributed by atoms with Gasteiger partial charge in [0, 0.05) is 19.2 Å². The van der Waals surface area contributed by atoms with Crippen LogP contribution in [0.2, 0.25) is 0 Å². The first kappa shape index (κ1) is 25.1. The molecule has 2 aromatic rings. The third-order valence-electron chi connectivity index (χ3n) is 5.40. The molecule has 2 aromatic carbocycles. The van der Waals surface area contributed by atoms with E-state index >= 15 is 0 Å². The van der Waals surface area contributed by atoms with Gasteiger partial charge in [-0.2, -0.15) is 4.31 Å². The van der Waals surface area contributed by atoms with Crippen LogP contribution in [0.5, 0.6) is 0 Å². The summed E-state index contributed by atoms with van der Waals surface area (Å²) in [5.74, 6) is -0.700. The van der Waals surface area contributed by atoms with Gasteiger partial charge in [-0.05, 0) is 55.2 Å². The lowest BCUT2D eigenvalue weighted by Crippen LogP contribution is -2.31. The summed E-state index contributed by atoms with van der Waals surface area (Å²) < 4.78 is 56.7. The predicted octanol–water partition coefficient (Wildman–Crippen LogP) is 3.67. The fraction of sp³-hybridized carbons (Fsp3) is 0.375. The molecule has 1 heterocycles. The Kier molecular flexibility index (Phi) is 8.82. The Labute approximate surface area is 196 Å². The van der Waals surface area contributed by atoms with Crippen molar-refractivity contribution in [3.05, 3.63) is 66.2 Å². The minimum atomic E-state index is -3.51. The van der Waals surface area contributed by atoms with E-state index in [-0.39, 0.29) is 28.6 Å². The summed E-state index contributed by atoms with van der Waals surface area (Å²) in [6.45, 7) is 1.08. The van der Waals surface area contributed by atoms with Crippen LogP contribution in [0.3, 0.4) is 0 Å². The largest absolute Gasteiger partial charge is 0.462 e. The maximum atomic E-state index is 12.8. The van der Waals surface area contributed by atoms with Gasteiger partial charge in [-0.15, -0.1) is 0 Å².